The maximum absolute atomic E-state index is 14.1. The minimum Gasteiger partial charge on any atom is -0.481 e. The van der Waals surface area contributed by atoms with E-state index in [0.29, 0.717) is 29.8 Å². The Hall–Kier alpha value is -6.08. The quantitative estimate of drug-likeness (QED) is 0.0443. The van der Waals surface area contributed by atoms with Gasteiger partial charge in [0, 0.05) is 48.8 Å². The molecule has 19 nitrogen and oxygen atoms in total. The summed E-state index contributed by atoms with van der Waals surface area (Å²) in [6, 6.07) is 0.705. The van der Waals surface area contributed by atoms with Crippen LogP contribution in [0.5, 0.6) is 0 Å². The molecule has 52 heavy (non-hydrogen) atoms. The SMILES string of the molecule is NCCCC[C@@H](NC(=O)[C@H](Cc1c[nH]cn1)NC(=O)[C@H](Cc1c[nH]c2ccccc12)NC(=O)[C@H](N)Cc1c[nH]cn1)C(=O)N[C@@H](CC(=O)O)C(=O)O. The number of hydrogen-bond donors (Lipinski definition) is 11. The van der Waals surface area contributed by atoms with Crippen molar-refractivity contribution in [1.82, 2.24) is 46.2 Å². The number of nitrogens with one attached hydrogen (secondary N) is 7. The highest BCUT2D eigenvalue weighted by Gasteiger charge is 2.33. The molecule has 0 spiro atoms. The van der Waals surface area contributed by atoms with E-state index in [1.165, 1.54) is 18.9 Å². The van der Waals surface area contributed by atoms with Crippen LogP contribution in [0.1, 0.15) is 42.6 Å². The first kappa shape index (κ1) is 38.7. The average Bonchev–Trinajstić information content (AvgIpc) is 3.90. The number of rotatable bonds is 21. The number of amides is 4. The number of carboxylic acid groups (broad SMARTS) is 2. The summed E-state index contributed by atoms with van der Waals surface area (Å²) in [5.41, 5.74) is 14.2. The van der Waals surface area contributed by atoms with Crippen LogP contribution in [0.2, 0.25) is 0 Å². The lowest BCUT2D eigenvalue weighted by atomic mass is 10.0. The van der Waals surface area contributed by atoms with E-state index < -0.39 is 72.2 Å². The molecule has 0 aliphatic rings. The van der Waals surface area contributed by atoms with Gasteiger partial charge in [0.1, 0.15) is 24.2 Å². The van der Waals surface area contributed by atoms with Gasteiger partial charge in [-0.15, -0.1) is 0 Å². The van der Waals surface area contributed by atoms with Gasteiger partial charge in [0.2, 0.25) is 23.6 Å². The second-order valence-corrected chi connectivity index (χ2v) is 12.2. The zero-order chi connectivity index (χ0) is 37.6. The van der Waals surface area contributed by atoms with Crippen LogP contribution in [0.4, 0.5) is 0 Å². The number of unbranched alkanes of at least 4 members (excludes halogenated alkanes) is 1. The summed E-state index contributed by atoms with van der Waals surface area (Å²) < 4.78 is 0. The van der Waals surface area contributed by atoms with Gasteiger partial charge in [0.25, 0.3) is 0 Å². The number of carbonyl (C=O) groups is 6. The van der Waals surface area contributed by atoms with Crippen LogP contribution in [0, 0.1) is 0 Å². The summed E-state index contributed by atoms with van der Waals surface area (Å²) in [5.74, 6) is -6.14. The topological polar surface area (TPSA) is 316 Å². The Kier molecular flexibility index (Phi) is 14.0. The second kappa shape index (κ2) is 18.8. The number of nitrogens with two attached hydrogens (primary N) is 2. The highest BCUT2D eigenvalue weighted by Crippen LogP contribution is 2.19. The number of aliphatic carboxylic acids is 2. The molecular weight excluding hydrogens is 678 g/mol. The number of carboxylic acids is 2. The van der Waals surface area contributed by atoms with E-state index >= 15 is 0 Å². The van der Waals surface area contributed by atoms with Crippen LogP contribution >= 0.6 is 0 Å². The standard InChI is InChI=1S/C33H43N11O8/c34-8-4-3-7-24(30(48)44-27(33(51)52)12-28(45)46)41-32(50)26(11-20-15-37-17-40-20)43-31(49)25(9-18-13-38-23-6-2-1-5-21(18)23)42-29(47)22(35)10-19-14-36-16-39-19/h1-2,5-6,13-17,22,24-27,38H,3-4,7-12,34-35H2,(H,36,39)(H,37,40)(H,41,50)(H,42,47)(H,43,49)(H,44,48)(H,45,46)(H,51,52)/t22-,24-,25+,26+,27+/m1/s1. The first-order valence-electron chi connectivity index (χ1n) is 16.6. The number of hydrogen-bond acceptors (Lipinski definition) is 10. The van der Waals surface area contributed by atoms with Gasteiger partial charge < -0.3 is 57.9 Å². The number of benzene rings is 1. The van der Waals surface area contributed by atoms with E-state index in [9.17, 15) is 33.9 Å². The molecule has 19 heteroatoms. The van der Waals surface area contributed by atoms with Gasteiger partial charge in [-0.3, -0.25) is 24.0 Å². The number of H-pyrrole nitrogens is 3. The van der Waals surface area contributed by atoms with Crippen molar-refractivity contribution in [3.05, 3.63) is 72.5 Å². The monoisotopic (exact) mass is 721 g/mol. The number of imidazole rings is 2. The van der Waals surface area contributed by atoms with Gasteiger partial charge in [-0.1, -0.05) is 18.2 Å². The molecule has 0 bridgehead atoms. The molecule has 13 N–H and O–H groups in total. The first-order chi connectivity index (χ1) is 24.9. The fraction of sp³-hybridized carbons (Fsp3) is 0.394. The van der Waals surface area contributed by atoms with Crippen molar-refractivity contribution in [1.29, 1.82) is 0 Å². The van der Waals surface area contributed by atoms with Gasteiger partial charge in [-0.25, -0.2) is 14.8 Å². The van der Waals surface area contributed by atoms with E-state index in [0.717, 1.165) is 10.9 Å². The predicted octanol–water partition coefficient (Wildman–Crippen LogP) is -1.40. The molecule has 1 aromatic carbocycles. The third kappa shape index (κ3) is 11.2. The Balaban J connectivity index is 1.58. The van der Waals surface area contributed by atoms with Crippen molar-refractivity contribution in [2.45, 2.75) is 75.2 Å². The molecular formula is C33H43N11O8. The van der Waals surface area contributed by atoms with Gasteiger partial charge in [0.15, 0.2) is 0 Å². The molecule has 4 aromatic rings. The Morgan fingerprint density at radius 1 is 0.712 bits per heavy atom. The molecule has 5 atom stereocenters. The van der Waals surface area contributed by atoms with E-state index in [4.69, 9.17) is 16.6 Å². The summed E-state index contributed by atoms with van der Waals surface area (Å²) in [7, 11) is 0. The number of para-hydroxylation sites is 1. The third-order valence-electron chi connectivity index (χ3n) is 8.23. The van der Waals surface area contributed by atoms with Crippen molar-refractivity contribution in [3.63, 3.8) is 0 Å². The van der Waals surface area contributed by atoms with Crippen molar-refractivity contribution in [3.8, 4) is 0 Å². The number of aromatic nitrogens is 5. The average molecular weight is 722 g/mol. The van der Waals surface area contributed by atoms with E-state index in [1.54, 1.807) is 12.4 Å². The molecule has 4 rings (SSSR count). The molecule has 0 aliphatic carbocycles. The first-order valence-corrected chi connectivity index (χ1v) is 16.6. The molecule has 0 fully saturated rings. The van der Waals surface area contributed by atoms with E-state index in [2.05, 4.69) is 46.2 Å². The summed E-state index contributed by atoms with van der Waals surface area (Å²) in [4.78, 5) is 94.3. The lowest BCUT2D eigenvalue weighted by Gasteiger charge is -2.26. The van der Waals surface area contributed by atoms with Crippen LogP contribution < -0.4 is 32.7 Å². The molecule has 0 saturated heterocycles. The summed E-state index contributed by atoms with van der Waals surface area (Å²) in [5, 5.41) is 29.5. The zero-order valence-electron chi connectivity index (χ0n) is 28.1. The van der Waals surface area contributed by atoms with Crippen LogP contribution in [0.15, 0.2) is 55.5 Å². The fourth-order valence-corrected chi connectivity index (χ4v) is 5.50. The Morgan fingerprint density at radius 3 is 1.90 bits per heavy atom. The molecule has 4 amide bonds. The predicted molar refractivity (Wildman–Crippen MR) is 185 cm³/mol. The minimum absolute atomic E-state index is 0.0116. The van der Waals surface area contributed by atoms with Crippen LogP contribution in [0.25, 0.3) is 10.9 Å². The zero-order valence-corrected chi connectivity index (χ0v) is 28.1. The smallest absolute Gasteiger partial charge is 0.326 e. The number of nitrogens with zero attached hydrogens (tertiary/aromatic N) is 2. The Bertz CT molecular complexity index is 1810. The van der Waals surface area contributed by atoms with Crippen molar-refractivity contribution in [2.75, 3.05) is 6.54 Å². The lowest BCUT2D eigenvalue weighted by Crippen LogP contribution is -2.59. The molecule has 3 heterocycles. The van der Waals surface area contributed by atoms with Gasteiger partial charge in [0.05, 0.1) is 36.5 Å². The maximum atomic E-state index is 14.1. The molecule has 0 saturated carbocycles. The second-order valence-electron chi connectivity index (χ2n) is 12.2. The van der Waals surface area contributed by atoms with Gasteiger partial charge in [-0.2, -0.15) is 0 Å². The highest BCUT2D eigenvalue weighted by molar-refractivity contribution is 5.96. The molecule has 278 valence electrons. The number of carbonyl (C=O) groups excluding carboxylic acids is 4. The Labute approximate surface area is 297 Å². The summed E-state index contributed by atoms with van der Waals surface area (Å²) in [6.07, 6.45) is 7.59. The van der Waals surface area contributed by atoms with Crippen LogP contribution in [0.3, 0.4) is 0 Å². The van der Waals surface area contributed by atoms with Crippen molar-refractivity contribution >= 4 is 46.5 Å². The lowest BCUT2D eigenvalue weighted by molar-refractivity contribution is -0.147. The molecule has 0 unspecified atom stereocenters. The Morgan fingerprint density at radius 2 is 1.29 bits per heavy atom. The summed E-state index contributed by atoms with van der Waals surface area (Å²) in [6.45, 7) is 0.284. The van der Waals surface area contributed by atoms with Gasteiger partial charge >= 0.3 is 11.9 Å². The molecule has 3 aromatic heterocycles. The maximum Gasteiger partial charge on any atom is 0.326 e. The van der Waals surface area contributed by atoms with E-state index in [-0.39, 0.29) is 32.2 Å². The number of aromatic amines is 3. The summed E-state index contributed by atoms with van der Waals surface area (Å²) >= 11 is 0. The van der Waals surface area contributed by atoms with Crippen molar-refractivity contribution < 1.29 is 39.0 Å². The number of fused-ring (bicyclic) bond motifs is 1. The normalized spacial score (nSPS) is 14.0. The minimum atomic E-state index is -1.76. The molecule has 0 radical (unpaired) electrons. The van der Waals surface area contributed by atoms with E-state index in [1.807, 2.05) is 24.3 Å². The molecule has 0 aliphatic heterocycles. The van der Waals surface area contributed by atoms with Crippen molar-refractivity contribution in [2.24, 2.45) is 11.5 Å². The van der Waals surface area contributed by atoms with Gasteiger partial charge in [-0.05, 0) is 37.4 Å². The fourth-order valence-electron chi connectivity index (χ4n) is 5.50. The van der Waals surface area contributed by atoms with Crippen LogP contribution in [-0.2, 0) is 48.0 Å². The van der Waals surface area contributed by atoms with Crippen LogP contribution in [-0.4, -0.2) is 107 Å². The highest BCUT2D eigenvalue weighted by atomic mass is 16.4. The largest absolute Gasteiger partial charge is 0.481 e. The third-order valence-corrected chi connectivity index (χ3v) is 8.23.